The fraction of sp³-hybridized carbons (Fsp3) is 0.182. The summed E-state index contributed by atoms with van der Waals surface area (Å²) in [4.78, 5) is 30.3. The highest BCUT2D eigenvalue weighted by atomic mass is 16.6. The monoisotopic (exact) mass is 373 g/mol. The lowest BCUT2D eigenvalue weighted by atomic mass is 10.0. The summed E-state index contributed by atoms with van der Waals surface area (Å²) < 4.78 is 0. The van der Waals surface area contributed by atoms with Crippen LogP contribution in [0.3, 0.4) is 0 Å². The Bertz CT molecular complexity index is 1010. The van der Waals surface area contributed by atoms with Gasteiger partial charge in [-0.2, -0.15) is 0 Å². The molecule has 0 bridgehead atoms. The predicted octanol–water partition coefficient (Wildman–Crippen LogP) is 4.56. The molecule has 1 atom stereocenters. The normalized spacial score (nSPS) is 16.1. The van der Waals surface area contributed by atoms with Gasteiger partial charge in [0.25, 0.3) is 5.69 Å². The standard InChI is InChI=1S/C22H19N3O3/c26-22(16-6-2-1-3-7-16)17-10-11-20(21(14-17)25(27)28)24-13-5-9-19(24)18-8-4-12-23-15-18/h1-4,6-8,10-12,14-15,19H,5,9,13H2. The van der Waals surface area contributed by atoms with E-state index in [1.807, 2.05) is 29.3 Å². The molecule has 0 N–H and O–H groups in total. The zero-order valence-corrected chi connectivity index (χ0v) is 15.2. The van der Waals surface area contributed by atoms with Gasteiger partial charge in [-0.3, -0.25) is 19.9 Å². The fourth-order valence-corrected chi connectivity index (χ4v) is 3.78. The lowest BCUT2D eigenvalue weighted by Crippen LogP contribution is -2.23. The first kappa shape index (κ1) is 17.9. The van der Waals surface area contributed by atoms with Crippen molar-refractivity contribution in [2.45, 2.75) is 18.9 Å². The van der Waals surface area contributed by atoms with Crippen molar-refractivity contribution >= 4 is 17.2 Å². The van der Waals surface area contributed by atoms with Crippen LogP contribution in [0, 0.1) is 10.1 Å². The van der Waals surface area contributed by atoms with Gasteiger partial charge in [0.15, 0.2) is 5.78 Å². The van der Waals surface area contributed by atoms with Gasteiger partial charge in [-0.25, -0.2) is 0 Å². The van der Waals surface area contributed by atoms with E-state index in [4.69, 9.17) is 0 Å². The molecule has 0 amide bonds. The molecule has 6 heteroatoms. The molecule has 1 fully saturated rings. The Hall–Kier alpha value is -3.54. The topological polar surface area (TPSA) is 76.3 Å². The van der Waals surface area contributed by atoms with Crippen LogP contribution in [0.5, 0.6) is 0 Å². The molecule has 4 rings (SSSR count). The molecule has 2 aromatic carbocycles. The maximum atomic E-state index is 12.7. The molecule has 0 radical (unpaired) electrons. The maximum absolute atomic E-state index is 12.7. The molecule has 140 valence electrons. The van der Waals surface area contributed by atoms with Crippen molar-refractivity contribution < 1.29 is 9.72 Å². The molecule has 6 nitrogen and oxygen atoms in total. The first-order valence-corrected chi connectivity index (χ1v) is 9.20. The van der Waals surface area contributed by atoms with Crippen LogP contribution in [0.15, 0.2) is 73.1 Å². The van der Waals surface area contributed by atoms with Gasteiger partial charge in [0, 0.05) is 36.1 Å². The number of benzene rings is 2. The van der Waals surface area contributed by atoms with Crippen LogP contribution in [0.2, 0.25) is 0 Å². The molecule has 0 aliphatic carbocycles. The van der Waals surface area contributed by atoms with Crippen LogP contribution >= 0.6 is 0 Å². The highest BCUT2D eigenvalue weighted by Gasteiger charge is 2.31. The molecule has 0 saturated carbocycles. The molecule has 28 heavy (non-hydrogen) atoms. The van der Waals surface area contributed by atoms with Gasteiger partial charge in [0.05, 0.1) is 11.0 Å². The van der Waals surface area contributed by atoms with Gasteiger partial charge in [-0.1, -0.05) is 36.4 Å². The number of nitrogens with zero attached hydrogens (tertiary/aromatic N) is 3. The van der Waals surface area contributed by atoms with Gasteiger partial charge >= 0.3 is 0 Å². The number of carbonyl (C=O) groups excluding carboxylic acids is 1. The molecule has 1 saturated heterocycles. The molecular weight excluding hydrogens is 354 g/mol. The van der Waals surface area contributed by atoms with E-state index < -0.39 is 4.92 Å². The van der Waals surface area contributed by atoms with E-state index in [0.717, 1.165) is 24.9 Å². The Morgan fingerprint density at radius 1 is 1.07 bits per heavy atom. The van der Waals surface area contributed by atoms with E-state index >= 15 is 0 Å². The molecule has 1 aromatic heterocycles. The number of hydrogen-bond acceptors (Lipinski definition) is 5. The summed E-state index contributed by atoms with van der Waals surface area (Å²) in [6, 6.07) is 17.5. The van der Waals surface area contributed by atoms with E-state index in [1.165, 1.54) is 6.07 Å². The van der Waals surface area contributed by atoms with E-state index in [9.17, 15) is 14.9 Å². The molecular formula is C22H19N3O3. The van der Waals surface area contributed by atoms with Crippen LogP contribution in [0.4, 0.5) is 11.4 Å². The summed E-state index contributed by atoms with van der Waals surface area (Å²) in [5.41, 5.74) is 2.37. The molecule has 1 aliphatic rings. The summed E-state index contributed by atoms with van der Waals surface area (Å²) >= 11 is 0. The van der Waals surface area contributed by atoms with Crippen molar-refractivity contribution in [3.05, 3.63) is 99.9 Å². The fourth-order valence-electron chi connectivity index (χ4n) is 3.78. The third-order valence-electron chi connectivity index (χ3n) is 5.10. The van der Waals surface area contributed by atoms with Crippen LogP contribution in [0.25, 0.3) is 0 Å². The van der Waals surface area contributed by atoms with E-state index in [-0.39, 0.29) is 17.5 Å². The number of pyridine rings is 1. The first-order valence-electron chi connectivity index (χ1n) is 9.20. The summed E-state index contributed by atoms with van der Waals surface area (Å²) in [6.07, 6.45) is 5.38. The number of carbonyl (C=O) groups is 1. The number of hydrogen-bond donors (Lipinski definition) is 0. The Morgan fingerprint density at radius 3 is 2.61 bits per heavy atom. The largest absolute Gasteiger partial charge is 0.359 e. The minimum atomic E-state index is -0.407. The van der Waals surface area contributed by atoms with Crippen LogP contribution < -0.4 is 4.90 Å². The van der Waals surface area contributed by atoms with Gasteiger partial charge < -0.3 is 4.90 Å². The minimum Gasteiger partial charge on any atom is -0.359 e. The van der Waals surface area contributed by atoms with Crippen molar-refractivity contribution in [3.63, 3.8) is 0 Å². The number of anilines is 1. The van der Waals surface area contributed by atoms with Crippen molar-refractivity contribution in [3.8, 4) is 0 Å². The third kappa shape index (κ3) is 3.36. The smallest absolute Gasteiger partial charge is 0.293 e. The second-order valence-corrected chi connectivity index (χ2v) is 6.79. The Balaban J connectivity index is 1.72. The zero-order valence-electron chi connectivity index (χ0n) is 15.2. The second kappa shape index (κ2) is 7.60. The van der Waals surface area contributed by atoms with Crippen molar-refractivity contribution in [1.29, 1.82) is 0 Å². The summed E-state index contributed by atoms with van der Waals surface area (Å²) in [7, 11) is 0. The Labute approximate surface area is 162 Å². The molecule has 1 unspecified atom stereocenters. The summed E-state index contributed by atoms with van der Waals surface area (Å²) in [5, 5.41) is 11.8. The van der Waals surface area contributed by atoms with Gasteiger partial charge in [-0.05, 0) is 36.6 Å². The molecule has 0 spiro atoms. The highest BCUT2D eigenvalue weighted by Crippen LogP contribution is 2.40. The van der Waals surface area contributed by atoms with Crippen molar-refractivity contribution in [1.82, 2.24) is 4.98 Å². The Morgan fingerprint density at radius 2 is 1.89 bits per heavy atom. The van der Waals surface area contributed by atoms with Crippen molar-refractivity contribution in [2.24, 2.45) is 0 Å². The number of nitro benzene ring substituents is 1. The SMILES string of the molecule is O=C(c1ccccc1)c1ccc(N2CCCC2c2cccnc2)c([N+](=O)[O-])c1. The van der Waals surface area contributed by atoms with Gasteiger partial charge in [-0.15, -0.1) is 0 Å². The lowest BCUT2D eigenvalue weighted by molar-refractivity contribution is -0.384. The van der Waals surface area contributed by atoms with E-state index in [2.05, 4.69) is 4.98 Å². The summed E-state index contributed by atoms with van der Waals surface area (Å²) in [6.45, 7) is 0.729. The quantitative estimate of drug-likeness (QED) is 0.372. The lowest BCUT2D eigenvalue weighted by Gasteiger charge is -2.26. The predicted molar refractivity (Wildman–Crippen MR) is 107 cm³/mol. The van der Waals surface area contributed by atoms with Crippen LogP contribution in [-0.4, -0.2) is 22.2 Å². The number of aromatic nitrogens is 1. The van der Waals surface area contributed by atoms with Crippen LogP contribution in [-0.2, 0) is 0 Å². The Kier molecular flexibility index (Phi) is 4.85. The summed E-state index contributed by atoms with van der Waals surface area (Å²) in [5.74, 6) is -0.222. The molecule has 2 heterocycles. The second-order valence-electron chi connectivity index (χ2n) is 6.79. The number of nitro groups is 1. The van der Waals surface area contributed by atoms with Gasteiger partial charge in [0.2, 0.25) is 0 Å². The average Bonchev–Trinajstić information content (AvgIpc) is 3.24. The zero-order chi connectivity index (χ0) is 19.5. The van der Waals surface area contributed by atoms with Gasteiger partial charge in [0.1, 0.15) is 5.69 Å². The number of rotatable bonds is 5. The minimum absolute atomic E-state index is 0.0439. The van der Waals surface area contributed by atoms with E-state index in [1.54, 1.807) is 42.6 Å². The van der Waals surface area contributed by atoms with E-state index in [0.29, 0.717) is 16.8 Å². The van der Waals surface area contributed by atoms with Crippen molar-refractivity contribution in [2.75, 3.05) is 11.4 Å². The first-order chi connectivity index (χ1) is 13.6. The van der Waals surface area contributed by atoms with Crippen LogP contribution in [0.1, 0.15) is 40.4 Å². The molecule has 3 aromatic rings. The number of ketones is 1. The highest BCUT2D eigenvalue weighted by molar-refractivity contribution is 6.09. The maximum Gasteiger partial charge on any atom is 0.293 e. The molecule has 1 aliphatic heterocycles. The average molecular weight is 373 g/mol. The third-order valence-corrected chi connectivity index (χ3v) is 5.10.